The summed E-state index contributed by atoms with van der Waals surface area (Å²) >= 11 is 0. The van der Waals surface area contributed by atoms with E-state index in [9.17, 15) is 0 Å². The van der Waals surface area contributed by atoms with Crippen LogP contribution >= 0.6 is 0 Å². The van der Waals surface area contributed by atoms with Crippen molar-refractivity contribution in [2.75, 3.05) is 7.05 Å². The summed E-state index contributed by atoms with van der Waals surface area (Å²) in [7, 11) is 4.34. The number of aryl methyl sites for hydroxylation is 1. The summed E-state index contributed by atoms with van der Waals surface area (Å²) in [6.07, 6.45) is 3.80. The minimum absolute atomic E-state index is 0.0407. The zero-order valence-electron chi connectivity index (χ0n) is 14.0. The summed E-state index contributed by atoms with van der Waals surface area (Å²) in [5.41, 5.74) is 2.36. The van der Waals surface area contributed by atoms with E-state index < -0.39 is 0 Å². The average Bonchev–Trinajstić information content (AvgIpc) is 2.63. The second-order valence-electron chi connectivity index (χ2n) is 6.33. The second kappa shape index (κ2) is 6.08. The molecule has 0 saturated carbocycles. The molecule has 0 saturated heterocycles. The van der Waals surface area contributed by atoms with Gasteiger partial charge in [-0.25, -0.2) is 4.98 Å². The minimum Gasteiger partial charge on any atom is -0.334 e. The molecular formula is C16H31N3. The quantitative estimate of drug-likeness (QED) is 0.780. The summed E-state index contributed by atoms with van der Waals surface area (Å²) < 4.78 is 2.23. The van der Waals surface area contributed by atoms with Gasteiger partial charge in [0.05, 0.1) is 11.2 Å². The highest BCUT2D eigenvalue weighted by Crippen LogP contribution is 2.29. The van der Waals surface area contributed by atoms with Gasteiger partial charge in [0.25, 0.3) is 0 Å². The van der Waals surface area contributed by atoms with Crippen molar-refractivity contribution in [1.29, 1.82) is 0 Å². The molecule has 1 aromatic rings. The largest absolute Gasteiger partial charge is 0.334 e. The van der Waals surface area contributed by atoms with E-state index in [2.05, 4.69) is 65.1 Å². The van der Waals surface area contributed by atoms with Crippen molar-refractivity contribution < 1.29 is 0 Å². The molecule has 0 bridgehead atoms. The van der Waals surface area contributed by atoms with Crippen LogP contribution in [0.5, 0.6) is 0 Å². The Kier molecular flexibility index (Phi) is 5.19. The highest BCUT2D eigenvalue weighted by Gasteiger charge is 2.33. The zero-order chi connectivity index (χ0) is 14.8. The lowest BCUT2D eigenvalue weighted by molar-refractivity contribution is 0.0919. The molecule has 0 amide bonds. The van der Waals surface area contributed by atoms with Gasteiger partial charge in [-0.05, 0) is 48.1 Å². The zero-order valence-corrected chi connectivity index (χ0v) is 14.0. The van der Waals surface area contributed by atoms with Crippen LogP contribution in [0.2, 0.25) is 0 Å². The van der Waals surface area contributed by atoms with Crippen LogP contribution in [0.3, 0.4) is 0 Å². The molecule has 0 fully saturated rings. The Hall–Kier alpha value is -0.830. The van der Waals surface area contributed by atoms with Gasteiger partial charge < -0.3 is 4.57 Å². The van der Waals surface area contributed by atoms with Gasteiger partial charge in [0.1, 0.15) is 5.82 Å². The SMILES string of the molecule is CCCCC(C)N(C)C(C)(C)c1nc(C)c(C)n1C. The fourth-order valence-corrected chi connectivity index (χ4v) is 2.67. The highest BCUT2D eigenvalue weighted by atomic mass is 15.2. The molecule has 110 valence electrons. The predicted molar refractivity (Wildman–Crippen MR) is 82.5 cm³/mol. The molecule has 19 heavy (non-hydrogen) atoms. The van der Waals surface area contributed by atoms with Crippen LogP contribution in [0.1, 0.15) is 64.2 Å². The molecule has 3 nitrogen and oxygen atoms in total. The number of nitrogens with zero attached hydrogens (tertiary/aromatic N) is 3. The first-order valence-corrected chi connectivity index (χ1v) is 7.46. The first kappa shape index (κ1) is 16.2. The molecule has 1 unspecified atom stereocenters. The van der Waals surface area contributed by atoms with Gasteiger partial charge in [0, 0.05) is 18.8 Å². The molecule has 1 aromatic heterocycles. The van der Waals surface area contributed by atoms with E-state index in [1.54, 1.807) is 0 Å². The van der Waals surface area contributed by atoms with Crippen molar-refractivity contribution in [1.82, 2.24) is 14.5 Å². The maximum absolute atomic E-state index is 4.79. The van der Waals surface area contributed by atoms with E-state index >= 15 is 0 Å². The van der Waals surface area contributed by atoms with Crippen LogP contribution in [-0.2, 0) is 12.6 Å². The molecule has 0 aliphatic carbocycles. The van der Waals surface area contributed by atoms with E-state index in [0.29, 0.717) is 6.04 Å². The maximum atomic E-state index is 4.79. The molecule has 0 aliphatic rings. The Morgan fingerprint density at radius 3 is 2.32 bits per heavy atom. The third kappa shape index (κ3) is 3.19. The van der Waals surface area contributed by atoms with Gasteiger partial charge in [0.2, 0.25) is 0 Å². The fourth-order valence-electron chi connectivity index (χ4n) is 2.67. The van der Waals surface area contributed by atoms with Crippen LogP contribution < -0.4 is 0 Å². The standard InChI is InChI=1S/C16H31N3/c1-9-10-11-12(2)19(8)16(5,6)15-17-13(3)14(4)18(15)7/h12H,9-11H2,1-8H3. The molecule has 0 aliphatic heterocycles. The molecule has 3 heteroatoms. The fraction of sp³-hybridized carbons (Fsp3) is 0.812. The lowest BCUT2D eigenvalue weighted by Gasteiger charge is -2.39. The average molecular weight is 265 g/mol. The molecule has 1 rings (SSSR count). The van der Waals surface area contributed by atoms with Gasteiger partial charge in [-0.3, -0.25) is 4.90 Å². The summed E-state index contributed by atoms with van der Waals surface area (Å²) in [4.78, 5) is 7.25. The smallest absolute Gasteiger partial charge is 0.128 e. The summed E-state index contributed by atoms with van der Waals surface area (Å²) in [6.45, 7) is 13.4. The molecule has 0 N–H and O–H groups in total. The third-order valence-electron chi connectivity index (χ3n) is 4.68. The van der Waals surface area contributed by atoms with Crippen LogP contribution in [0.25, 0.3) is 0 Å². The lowest BCUT2D eigenvalue weighted by Crippen LogP contribution is -2.45. The van der Waals surface area contributed by atoms with Crippen LogP contribution in [-0.4, -0.2) is 27.5 Å². The molecule has 0 radical (unpaired) electrons. The van der Waals surface area contributed by atoms with Crippen molar-refractivity contribution in [3.63, 3.8) is 0 Å². The topological polar surface area (TPSA) is 21.1 Å². The highest BCUT2D eigenvalue weighted by molar-refractivity contribution is 5.18. The Labute approximate surface area is 119 Å². The Morgan fingerprint density at radius 2 is 1.89 bits per heavy atom. The first-order chi connectivity index (χ1) is 8.73. The molecule has 1 atom stereocenters. The molecule has 0 aromatic carbocycles. The predicted octanol–water partition coefficient (Wildman–Crippen LogP) is 3.78. The van der Waals surface area contributed by atoms with Crippen LogP contribution in [0.4, 0.5) is 0 Å². The number of rotatable bonds is 6. The van der Waals surface area contributed by atoms with Gasteiger partial charge in [-0.15, -0.1) is 0 Å². The van der Waals surface area contributed by atoms with Crippen molar-refractivity contribution in [2.24, 2.45) is 7.05 Å². The number of hydrogen-bond donors (Lipinski definition) is 0. The number of hydrogen-bond acceptors (Lipinski definition) is 2. The summed E-state index contributed by atoms with van der Waals surface area (Å²) in [5, 5.41) is 0. The Morgan fingerprint density at radius 1 is 1.32 bits per heavy atom. The number of aromatic nitrogens is 2. The van der Waals surface area contributed by atoms with Crippen LogP contribution in [0, 0.1) is 13.8 Å². The Balaban J connectivity index is 2.98. The second-order valence-corrected chi connectivity index (χ2v) is 6.33. The molecule has 1 heterocycles. The third-order valence-corrected chi connectivity index (χ3v) is 4.68. The van der Waals surface area contributed by atoms with E-state index in [4.69, 9.17) is 4.98 Å². The summed E-state index contributed by atoms with van der Waals surface area (Å²) in [5.74, 6) is 1.16. The van der Waals surface area contributed by atoms with Gasteiger partial charge >= 0.3 is 0 Å². The van der Waals surface area contributed by atoms with Crippen molar-refractivity contribution >= 4 is 0 Å². The van der Waals surface area contributed by atoms with Crippen molar-refractivity contribution in [3.05, 3.63) is 17.2 Å². The Bertz CT molecular complexity index is 418. The molecular weight excluding hydrogens is 234 g/mol. The minimum atomic E-state index is -0.0407. The first-order valence-electron chi connectivity index (χ1n) is 7.46. The number of unbranched alkanes of at least 4 members (excludes halogenated alkanes) is 1. The molecule has 0 spiro atoms. The van der Waals surface area contributed by atoms with E-state index in [1.807, 2.05) is 0 Å². The van der Waals surface area contributed by atoms with Crippen LogP contribution in [0.15, 0.2) is 0 Å². The normalized spacial score (nSPS) is 14.2. The number of imidazole rings is 1. The van der Waals surface area contributed by atoms with Crippen molar-refractivity contribution in [2.45, 2.75) is 72.4 Å². The summed E-state index contributed by atoms with van der Waals surface area (Å²) in [6, 6.07) is 0.576. The van der Waals surface area contributed by atoms with E-state index in [0.717, 1.165) is 11.5 Å². The van der Waals surface area contributed by atoms with E-state index in [1.165, 1.54) is 25.0 Å². The van der Waals surface area contributed by atoms with E-state index in [-0.39, 0.29) is 5.54 Å². The van der Waals surface area contributed by atoms with Gasteiger partial charge in [-0.2, -0.15) is 0 Å². The lowest BCUT2D eigenvalue weighted by atomic mass is 9.98. The van der Waals surface area contributed by atoms with Gasteiger partial charge in [-0.1, -0.05) is 19.8 Å². The van der Waals surface area contributed by atoms with Gasteiger partial charge in [0.15, 0.2) is 0 Å². The maximum Gasteiger partial charge on any atom is 0.128 e. The van der Waals surface area contributed by atoms with Crippen molar-refractivity contribution in [3.8, 4) is 0 Å². The monoisotopic (exact) mass is 265 g/mol.